The number of fused-ring (bicyclic) bond motifs is 1. The van der Waals surface area contributed by atoms with Gasteiger partial charge in [-0.05, 0) is 68.0 Å². The number of esters is 1. The highest BCUT2D eigenvalue weighted by Gasteiger charge is 2.53. The highest BCUT2D eigenvalue weighted by atomic mass is 32.1. The molecule has 0 N–H and O–H groups in total. The standard InChI is InChI=1S/C29H30F6O3S/c1-5-6-7-8-19-9-12-22(23(13-19)28(30,31)32)25-14-20-10-11-21(15-24(20)39-25)37-16-27(4,29(33,34)35)17-38-26(36)18(2)3/h9-15H,2,5-8,16-17H2,1,3-4H3. The zero-order chi connectivity index (χ0) is 29.0. The van der Waals surface area contributed by atoms with Crippen molar-refractivity contribution in [2.45, 2.75) is 58.8 Å². The first-order chi connectivity index (χ1) is 18.1. The van der Waals surface area contributed by atoms with Crippen molar-refractivity contribution in [3.8, 4) is 16.2 Å². The molecule has 0 radical (unpaired) electrons. The van der Waals surface area contributed by atoms with Crippen LogP contribution >= 0.6 is 11.3 Å². The largest absolute Gasteiger partial charge is 0.492 e. The maximum absolute atomic E-state index is 13.9. The maximum Gasteiger partial charge on any atom is 0.417 e. The predicted molar refractivity (Wildman–Crippen MR) is 141 cm³/mol. The first-order valence-corrected chi connectivity index (χ1v) is 13.2. The Balaban J connectivity index is 1.85. The van der Waals surface area contributed by atoms with E-state index in [9.17, 15) is 31.1 Å². The Kier molecular flexibility index (Phi) is 9.41. The number of hydrogen-bond acceptors (Lipinski definition) is 4. The summed E-state index contributed by atoms with van der Waals surface area (Å²) >= 11 is 1.10. The van der Waals surface area contributed by atoms with Crippen LogP contribution in [0.15, 0.2) is 54.6 Å². The molecule has 1 unspecified atom stereocenters. The van der Waals surface area contributed by atoms with Crippen molar-refractivity contribution in [1.82, 2.24) is 0 Å². The fraction of sp³-hybridized carbons (Fsp3) is 0.414. The van der Waals surface area contributed by atoms with Crippen LogP contribution in [0.4, 0.5) is 26.3 Å². The van der Waals surface area contributed by atoms with Crippen LogP contribution in [-0.4, -0.2) is 25.4 Å². The molecule has 0 fully saturated rings. The van der Waals surface area contributed by atoms with Crippen LogP contribution < -0.4 is 4.74 Å². The maximum atomic E-state index is 13.9. The molecule has 0 aliphatic carbocycles. The van der Waals surface area contributed by atoms with Gasteiger partial charge in [0.25, 0.3) is 0 Å². The van der Waals surface area contributed by atoms with Crippen LogP contribution in [0.25, 0.3) is 20.5 Å². The quantitative estimate of drug-likeness (QED) is 0.0994. The minimum Gasteiger partial charge on any atom is -0.492 e. The second kappa shape index (κ2) is 12.0. The SMILES string of the molecule is C=C(C)C(=O)OCC(C)(COc1ccc2cc(-c3ccc(CCCCC)cc3C(F)(F)F)sc2c1)C(F)(F)F. The zero-order valence-corrected chi connectivity index (χ0v) is 22.7. The molecular formula is C29H30F6O3S. The van der Waals surface area contributed by atoms with Crippen molar-refractivity contribution in [3.63, 3.8) is 0 Å². The molecule has 1 atom stereocenters. The van der Waals surface area contributed by atoms with E-state index in [1.165, 1.54) is 31.2 Å². The molecule has 1 aromatic heterocycles. The molecule has 0 saturated carbocycles. The predicted octanol–water partition coefficient (Wildman–Crippen LogP) is 9.39. The van der Waals surface area contributed by atoms with E-state index in [2.05, 4.69) is 6.58 Å². The number of hydrogen-bond donors (Lipinski definition) is 0. The number of ether oxygens (including phenoxy) is 2. The molecule has 10 heteroatoms. The summed E-state index contributed by atoms with van der Waals surface area (Å²) in [6.45, 7) is 5.80. The lowest BCUT2D eigenvalue weighted by molar-refractivity contribution is -0.240. The van der Waals surface area contributed by atoms with Crippen molar-refractivity contribution in [3.05, 3.63) is 65.7 Å². The number of thiophene rings is 1. The van der Waals surface area contributed by atoms with Crippen LogP contribution in [0.1, 0.15) is 51.2 Å². The van der Waals surface area contributed by atoms with Gasteiger partial charge in [0, 0.05) is 20.7 Å². The molecule has 3 rings (SSSR count). The van der Waals surface area contributed by atoms with Crippen LogP contribution in [0, 0.1) is 5.41 Å². The lowest BCUT2D eigenvalue weighted by atomic mass is 9.92. The Morgan fingerprint density at radius 2 is 1.69 bits per heavy atom. The Morgan fingerprint density at radius 3 is 2.31 bits per heavy atom. The second-order valence-electron chi connectivity index (χ2n) is 9.85. The Morgan fingerprint density at radius 1 is 0.974 bits per heavy atom. The van der Waals surface area contributed by atoms with Gasteiger partial charge in [-0.15, -0.1) is 11.3 Å². The number of carbonyl (C=O) groups excluding carboxylic acids is 1. The van der Waals surface area contributed by atoms with E-state index in [-0.39, 0.29) is 16.9 Å². The average molecular weight is 573 g/mol. The van der Waals surface area contributed by atoms with Gasteiger partial charge in [-0.1, -0.05) is 38.5 Å². The summed E-state index contributed by atoms with van der Waals surface area (Å²) in [5, 5.41) is 0.636. The Labute approximate surface area is 227 Å². The molecule has 0 saturated heterocycles. The van der Waals surface area contributed by atoms with E-state index in [1.807, 2.05) is 6.92 Å². The van der Waals surface area contributed by atoms with Gasteiger partial charge in [0.1, 0.15) is 24.4 Å². The molecule has 0 amide bonds. The molecule has 39 heavy (non-hydrogen) atoms. The monoisotopic (exact) mass is 572 g/mol. The van der Waals surface area contributed by atoms with E-state index >= 15 is 0 Å². The first kappa shape index (κ1) is 30.5. The summed E-state index contributed by atoms with van der Waals surface area (Å²) in [4.78, 5) is 12.0. The molecule has 0 spiro atoms. The van der Waals surface area contributed by atoms with Crippen LogP contribution in [-0.2, 0) is 22.1 Å². The number of carbonyl (C=O) groups is 1. The molecule has 212 valence electrons. The third-order valence-corrected chi connectivity index (χ3v) is 7.46. The fourth-order valence-electron chi connectivity index (χ4n) is 3.81. The lowest BCUT2D eigenvalue weighted by Gasteiger charge is -2.31. The first-order valence-electron chi connectivity index (χ1n) is 12.4. The molecule has 1 heterocycles. The molecule has 3 nitrogen and oxygen atoms in total. The molecule has 0 aliphatic rings. The third kappa shape index (κ3) is 7.56. The van der Waals surface area contributed by atoms with Crippen LogP contribution in [0.3, 0.4) is 0 Å². The van der Waals surface area contributed by atoms with Crippen LogP contribution in [0.2, 0.25) is 0 Å². The van der Waals surface area contributed by atoms with E-state index in [0.29, 0.717) is 26.9 Å². The van der Waals surface area contributed by atoms with Gasteiger partial charge >= 0.3 is 18.3 Å². The number of benzene rings is 2. The zero-order valence-electron chi connectivity index (χ0n) is 21.9. The fourth-order valence-corrected chi connectivity index (χ4v) is 4.94. The van der Waals surface area contributed by atoms with Crippen molar-refractivity contribution in [2.24, 2.45) is 5.41 Å². The highest BCUT2D eigenvalue weighted by Crippen LogP contribution is 2.43. The van der Waals surface area contributed by atoms with Crippen molar-refractivity contribution in [2.75, 3.05) is 13.2 Å². The molecule has 0 bridgehead atoms. The van der Waals surface area contributed by atoms with Gasteiger partial charge in [0.15, 0.2) is 0 Å². The smallest absolute Gasteiger partial charge is 0.417 e. The summed E-state index contributed by atoms with van der Waals surface area (Å²) < 4.78 is 93.9. The summed E-state index contributed by atoms with van der Waals surface area (Å²) in [5.74, 6) is -0.829. The minimum absolute atomic E-state index is 0.0285. The van der Waals surface area contributed by atoms with Crippen molar-refractivity contribution < 1.29 is 40.6 Å². The molecule has 0 aliphatic heterocycles. The Hall–Kier alpha value is -3.01. The van der Waals surface area contributed by atoms with Crippen molar-refractivity contribution in [1.29, 1.82) is 0 Å². The second-order valence-corrected chi connectivity index (χ2v) is 10.9. The minimum atomic E-state index is -4.74. The molecule has 2 aromatic carbocycles. The van der Waals surface area contributed by atoms with E-state index in [4.69, 9.17) is 9.47 Å². The summed E-state index contributed by atoms with van der Waals surface area (Å²) in [6, 6.07) is 10.5. The summed E-state index contributed by atoms with van der Waals surface area (Å²) in [6.07, 6.45) is -6.01. The normalized spacial score (nSPS) is 13.8. The number of alkyl halides is 6. The molecular weight excluding hydrogens is 542 g/mol. The Bertz CT molecular complexity index is 1320. The van der Waals surface area contributed by atoms with Crippen molar-refractivity contribution >= 4 is 27.4 Å². The number of rotatable bonds is 11. The van der Waals surface area contributed by atoms with Crippen LogP contribution in [0.5, 0.6) is 5.75 Å². The summed E-state index contributed by atoms with van der Waals surface area (Å²) in [7, 11) is 0. The topological polar surface area (TPSA) is 35.5 Å². The number of halogens is 6. The third-order valence-electron chi connectivity index (χ3n) is 6.33. The van der Waals surface area contributed by atoms with Gasteiger partial charge in [0.2, 0.25) is 0 Å². The van der Waals surface area contributed by atoms with E-state index in [1.54, 1.807) is 18.2 Å². The van der Waals surface area contributed by atoms with Gasteiger partial charge in [-0.2, -0.15) is 26.3 Å². The highest BCUT2D eigenvalue weighted by molar-refractivity contribution is 7.22. The number of aryl methyl sites for hydroxylation is 1. The van der Waals surface area contributed by atoms with Gasteiger partial charge < -0.3 is 9.47 Å². The van der Waals surface area contributed by atoms with Gasteiger partial charge in [-0.3, -0.25) is 0 Å². The molecule has 3 aromatic rings. The summed E-state index contributed by atoms with van der Waals surface area (Å²) in [5.41, 5.74) is -2.56. The number of unbranched alkanes of at least 4 members (excludes halogenated alkanes) is 2. The van der Waals surface area contributed by atoms with Gasteiger partial charge in [0.05, 0.1) is 5.56 Å². The van der Waals surface area contributed by atoms with E-state index < -0.39 is 42.5 Å². The lowest BCUT2D eigenvalue weighted by Crippen LogP contribution is -2.44. The average Bonchev–Trinajstić information content (AvgIpc) is 3.28. The van der Waals surface area contributed by atoms with Gasteiger partial charge in [-0.25, -0.2) is 4.79 Å². The van der Waals surface area contributed by atoms with E-state index in [0.717, 1.165) is 37.5 Å².